The Bertz CT molecular complexity index is 281. The Morgan fingerprint density at radius 2 is 2.50 bits per heavy atom. The first-order chi connectivity index (χ1) is 6.84. The van der Waals surface area contributed by atoms with Gasteiger partial charge >= 0.3 is 0 Å². The molecule has 1 aliphatic heterocycles. The molecule has 1 aliphatic rings. The third-order valence-corrected chi connectivity index (χ3v) is 4.15. The molecule has 2 heterocycles. The van der Waals surface area contributed by atoms with Crippen molar-refractivity contribution in [3.05, 3.63) is 20.8 Å². The summed E-state index contributed by atoms with van der Waals surface area (Å²) in [6, 6.07) is 4.29. The minimum absolute atomic E-state index is 0.832. The highest BCUT2D eigenvalue weighted by Crippen LogP contribution is 2.21. The first-order valence-electron chi connectivity index (χ1n) is 5.00. The van der Waals surface area contributed by atoms with Crippen molar-refractivity contribution in [3.8, 4) is 0 Å². The van der Waals surface area contributed by atoms with Gasteiger partial charge in [-0.15, -0.1) is 11.3 Å². The van der Waals surface area contributed by atoms with E-state index in [2.05, 4.69) is 38.7 Å². The van der Waals surface area contributed by atoms with Gasteiger partial charge in [0.15, 0.2) is 0 Å². The van der Waals surface area contributed by atoms with Gasteiger partial charge in [-0.2, -0.15) is 0 Å². The predicted octanol–water partition coefficient (Wildman–Crippen LogP) is 2.21. The lowest BCUT2D eigenvalue weighted by molar-refractivity contribution is 0.514. The van der Waals surface area contributed by atoms with Crippen LogP contribution in [0.25, 0.3) is 0 Å². The van der Waals surface area contributed by atoms with Crippen LogP contribution in [0, 0.1) is 5.92 Å². The summed E-state index contributed by atoms with van der Waals surface area (Å²) in [5.74, 6) is 0.832. The normalized spacial score (nSPS) is 21.6. The highest BCUT2D eigenvalue weighted by molar-refractivity contribution is 9.11. The molecule has 0 saturated carbocycles. The van der Waals surface area contributed by atoms with E-state index in [0.717, 1.165) is 19.0 Å². The molecule has 1 aromatic heterocycles. The third-order valence-electron chi connectivity index (χ3n) is 2.52. The van der Waals surface area contributed by atoms with Crippen LogP contribution >= 0.6 is 27.3 Å². The van der Waals surface area contributed by atoms with Crippen molar-refractivity contribution in [2.45, 2.75) is 13.0 Å². The van der Waals surface area contributed by atoms with Crippen LogP contribution in [0.2, 0.25) is 0 Å². The zero-order valence-corrected chi connectivity index (χ0v) is 10.5. The number of hydrogen-bond donors (Lipinski definition) is 2. The molecule has 78 valence electrons. The summed E-state index contributed by atoms with van der Waals surface area (Å²) < 4.78 is 1.22. The first kappa shape index (κ1) is 10.6. The van der Waals surface area contributed by atoms with Crippen molar-refractivity contribution in [2.24, 2.45) is 5.92 Å². The molecule has 2 rings (SSSR count). The fourth-order valence-electron chi connectivity index (χ4n) is 1.73. The van der Waals surface area contributed by atoms with E-state index in [1.807, 2.05) is 11.3 Å². The summed E-state index contributed by atoms with van der Waals surface area (Å²) in [4.78, 5) is 1.41. The smallest absolute Gasteiger partial charge is 0.0701 e. The summed E-state index contributed by atoms with van der Waals surface area (Å²) in [6.45, 7) is 4.52. The largest absolute Gasteiger partial charge is 0.316 e. The second-order valence-electron chi connectivity index (χ2n) is 3.70. The monoisotopic (exact) mass is 274 g/mol. The lowest BCUT2D eigenvalue weighted by atomic mass is 10.1. The van der Waals surface area contributed by atoms with Gasteiger partial charge in [0.2, 0.25) is 0 Å². The van der Waals surface area contributed by atoms with Crippen molar-refractivity contribution >= 4 is 27.3 Å². The quantitative estimate of drug-likeness (QED) is 0.880. The molecule has 1 fully saturated rings. The standard InChI is InChI=1S/C10H15BrN2S/c11-10-2-1-9(14-10)7-13-6-8-3-4-12-5-8/h1-2,8,12-13H,3-7H2. The fraction of sp³-hybridized carbons (Fsp3) is 0.600. The summed E-state index contributed by atoms with van der Waals surface area (Å²) in [6.07, 6.45) is 1.32. The van der Waals surface area contributed by atoms with Gasteiger partial charge < -0.3 is 10.6 Å². The lowest BCUT2D eigenvalue weighted by Crippen LogP contribution is -2.23. The average molecular weight is 275 g/mol. The summed E-state index contributed by atoms with van der Waals surface area (Å²) in [5.41, 5.74) is 0. The Morgan fingerprint density at radius 3 is 3.14 bits per heavy atom. The Labute approximate surface area is 97.2 Å². The van der Waals surface area contributed by atoms with Crippen molar-refractivity contribution < 1.29 is 0 Å². The Morgan fingerprint density at radius 1 is 1.57 bits per heavy atom. The fourth-order valence-corrected chi connectivity index (χ4v) is 3.19. The van der Waals surface area contributed by atoms with Crippen molar-refractivity contribution in [2.75, 3.05) is 19.6 Å². The van der Waals surface area contributed by atoms with Crippen LogP contribution in [-0.2, 0) is 6.54 Å². The van der Waals surface area contributed by atoms with Crippen LogP contribution in [0.4, 0.5) is 0 Å². The van der Waals surface area contributed by atoms with Gasteiger partial charge in [0.05, 0.1) is 3.79 Å². The zero-order valence-electron chi connectivity index (χ0n) is 8.05. The van der Waals surface area contributed by atoms with E-state index in [-0.39, 0.29) is 0 Å². The molecule has 1 unspecified atom stereocenters. The third kappa shape index (κ3) is 3.05. The van der Waals surface area contributed by atoms with Gasteiger partial charge in [-0.05, 0) is 60.0 Å². The van der Waals surface area contributed by atoms with Gasteiger partial charge in [0, 0.05) is 11.4 Å². The van der Waals surface area contributed by atoms with Crippen molar-refractivity contribution in [1.29, 1.82) is 0 Å². The minimum atomic E-state index is 0.832. The zero-order chi connectivity index (χ0) is 9.80. The maximum Gasteiger partial charge on any atom is 0.0701 e. The molecule has 14 heavy (non-hydrogen) atoms. The van der Waals surface area contributed by atoms with Gasteiger partial charge in [-0.25, -0.2) is 0 Å². The maximum absolute atomic E-state index is 3.51. The second kappa shape index (κ2) is 5.26. The van der Waals surface area contributed by atoms with E-state index in [1.54, 1.807) is 0 Å². The molecule has 0 aromatic carbocycles. The van der Waals surface area contributed by atoms with Crippen LogP contribution in [0.15, 0.2) is 15.9 Å². The Balaban J connectivity index is 1.67. The van der Waals surface area contributed by atoms with E-state index < -0.39 is 0 Å². The van der Waals surface area contributed by atoms with Crippen LogP contribution < -0.4 is 10.6 Å². The van der Waals surface area contributed by atoms with Crippen molar-refractivity contribution in [1.82, 2.24) is 10.6 Å². The summed E-state index contributed by atoms with van der Waals surface area (Å²) in [7, 11) is 0. The Kier molecular flexibility index (Phi) is 3.99. The van der Waals surface area contributed by atoms with Crippen LogP contribution in [0.1, 0.15) is 11.3 Å². The summed E-state index contributed by atoms with van der Waals surface area (Å²) >= 11 is 5.28. The topological polar surface area (TPSA) is 24.1 Å². The number of rotatable bonds is 4. The molecular formula is C10H15BrN2S. The maximum atomic E-state index is 3.51. The molecule has 0 bridgehead atoms. The first-order valence-corrected chi connectivity index (χ1v) is 6.61. The molecule has 0 radical (unpaired) electrons. The number of nitrogens with one attached hydrogen (secondary N) is 2. The van der Waals surface area contributed by atoms with Gasteiger partial charge in [-0.1, -0.05) is 0 Å². The van der Waals surface area contributed by atoms with Gasteiger partial charge in [0.1, 0.15) is 0 Å². The molecule has 2 nitrogen and oxygen atoms in total. The molecule has 1 atom stereocenters. The average Bonchev–Trinajstić information content (AvgIpc) is 2.77. The number of halogens is 1. The molecule has 4 heteroatoms. The van der Waals surface area contributed by atoms with Crippen LogP contribution in [0.5, 0.6) is 0 Å². The predicted molar refractivity (Wildman–Crippen MR) is 64.7 cm³/mol. The SMILES string of the molecule is Brc1ccc(CNCC2CCNC2)s1. The molecular weight excluding hydrogens is 260 g/mol. The molecule has 1 saturated heterocycles. The minimum Gasteiger partial charge on any atom is -0.316 e. The van der Waals surface area contributed by atoms with Crippen LogP contribution in [0.3, 0.4) is 0 Å². The van der Waals surface area contributed by atoms with E-state index in [4.69, 9.17) is 0 Å². The molecule has 2 N–H and O–H groups in total. The van der Waals surface area contributed by atoms with Gasteiger partial charge in [0.25, 0.3) is 0 Å². The Hall–Kier alpha value is 0.1000. The van der Waals surface area contributed by atoms with E-state index in [9.17, 15) is 0 Å². The van der Waals surface area contributed by atoms with Crippen LogP contribution in [-0.4, -0.2) is 19.6 Å². The molecule has 0 aliphatic carbocycles. The van der Waals surface area contributed by atoms with E-state index in [0.29, 0.717) is 0 Å². The summed E-state index contributed by atoms with van der Waals surface area (Å²) in [5, 5.41) is 6.89. The molecule has 0 amide bonds. The lowest BCUT2D eigenvalue weighted by Gasteiger charge is -2.08. The highest BCUT2D eigenvalue weighted by Gasteiger charge is 2.13. The highest BCUT2D eigenvalue weighted by atomic mass is 79.9. The second-order valence-corrected chi connectivity index (χ2v) is 6.24. The van der Waals surface area contributed by atoms with E-state index in [1.165, 1.54) is 28.2 Å². The number of hydrogen-bond acceptors (Lipinski definition) is 3. The van der Waals surface area contributed by atoms with Gasteiger partial charge in [-0.3, -0.25) is 0 Å². The van der Waals surface area contributed by atoms with Crippen molar-refractivity contribution in [3.63, 3.8) is 0 Å². The molecule has 1 aromatic rings. The number of thiophene rings is 1. The molecule has 0 spiro atoms. The van der Waals surface area contributed by atoms with E-state index >= 15 is 0 Å².